The Bertz CT molecular complexity index is 806. The van der Waals surface area contributed by atoms with E-state index in [0.29, 0.717) is 5.06 Å². The zero-order chi connectivity index (χ0) is 19.6. The number of carbonyl (C=O) groups is 3. The lowest BCUT2D eigenvalue weighted by Crippen LogP contribution is -2.48. The molecule has 1 aliphatic heterocycles. The van der Waals surface area contributed by atoms with E-state index in [4.69, 9.17) is 4.84 Å². The Morgan fingerprint density at radius 1 is 1.15 bits per heavy atom. The molecule has 0 saturated carbocycles. The maximum absolute atomic E-state index is 13.0. The summed E-state index contributed by atoms with van der Waals surface area (Å²) in [5, 5.41) is 0.371. The predicted octanol–water partition coefficient (Wildman–Crippen LogP) is 1.08. The van der Waals surface area contributed by atoms with Crippen LogP contribution in [0.4, 0.5) is 4.39 Å². The van der Waals surface area contributed by atoms with Gasteiger partial charge in [-0.3, -0.25) is 9.59 Å². The predicted molar refractivity (Wildman–Crippen MR) is 87.2 cm³/mol. The number of likely N-dealkylation sites (N-methyl/N-ethyl adjacent to an activating group) is 1. The Kier molecular flexibility index (Phi) is 5.77. The van der Waals surface area contributed by atoms with Gasteiger partial charge in [0.05, 0.1) is 4.90 Å². The van der Waals surface area contributed by atoms with Crippen LogP contribution in [0, 0.1) is 11.7 Å². The Hall–Kier alpha value is -2.33. The molecule has 8 nitrogen and oxygen atoms in total. The van der Waals surface area contributed by atoms with Crippen molar-refractivity contribution < 1.29 is 32.0 Å². The van der Waals surface area contributed by atoms with Crippen LogP contribution in [-0.2, 0) is 29.2 Å². The van der Waals surface area contributed by atoms with Crippen molar-refractivity contribution in [2.75, 3.05) is 7.05 Å². The summed E-state index contributed by atoms with van der Waals surface area (Å²) in [6.07, 6.45) is -0.135. The third-order valence-electron chi connectivity index (χ3n) is 3.94. The van der Waals surface area contributed by atoms with Crippen LogP contribution in [-0.4, -0.2) is 48.7 Å². The Morgan fingerprint density at radius 3 is 2.12 bits per heavy atom. The van der Waals surface area contributed by atoms with Gasteiger partial charge >= 0.3 is 5.97 Å². The van der Waals surface area contributed by atoms with Crippen molar-refractivity contribution in [3.8, 4) is 0 Å². The number of rotatable bonds is 6. The minimum atomic E-state index is -4.13. The summed E-state index contributed by atoms with van der Waals surface area (Å²) < 4.78 is 39.2. The molecule has 1 aliphatic rings. The fraction of sp³-hybridized carbons (Fsp3) is 0.438. The lowest BCUT2D eigenvalue weighted by Gasteiger charge is -2.29. The fourth-order valence-corrected chi connectivity index (χ4v) is 4.01. The highest BCUT2D eigenvalue weighted by atomic mass is 32.2. The minimum absolute atomic E-state index is 0.0673. The second-order valence-electron chi connectivity index (χ2n) is 6.16. The van der Waals surface area contributed by atoms with Crippen molar-refractivity contribution in [3.63, 3.8) is 0 Å². The van der Waals surface area contributed by atoms with E-state index >= 15 is 0 Å². The average molecular weight is 386 g/mol. The number of hydrogen-bond acceptors (Lipinski definition) is 6. The molecule has 1 heterocycles. The average Bonchev–Trinajstić information content (AvgIpc) is 2.87. The molecule has 2 rings (SSSR count). The second kappa shape index (κ2) is 7.50. The lowest BCUT2D eigenvalue weighted by molar-refractivity contribution is -0.201. The molecule has 2 amide bonds. The van der Waals surface area contributed by atoms with E-state index in [1.54, 1.807) is 13.8 Å². The first kappa shape index (κ1) is 20.0. The summed E-state index contributed by atoms with van der Waals surface area (Å²) in [4.78, 5) is 40.3. The van der Waals surface area contributed by atoms with Crippen molar-refractivity contribution in [1.82, 2.24) is 9.37 Å². The minimum Gasteiger partial charge on any atom is -0.329 e. The maximum Gasteiger partial charge on any atom is 0.351 e. The van der Waals surface area contributed by atoms with Crippen molar-refractivity contribution in [2.24, 2.45) is 5.92 Å². The number of nitrogens with zero attached hydrogens (tertiary/aromatic N) is 2. The van der Waals surface area contributed by atoms with Gasteiger partial charge in [0.2, 0.25) is 10.0 Å². The zero-order valence-corrected chi connectivity index (χ0v) is 15.3. The van der Waals surface area contributed by atoms with E-state index in [1.165, 1.54) is 7.05 Å². The van der Waals surface area contributed by atoms with E-state index in [9.17, 15) is 27.2 Å². The van der Waals surface area contributed by atoms with Gasteiger partial charge in [0.15, 0.2) is 0 Å². The van der Waals surface area contributed by atoms with E-state index in [0.717, 1.165) is 28.6 Å². The Labute approximate surface area is 150 Å². The van der Waals surface area contributed by atoms with Gasteiger partial charge < -0.3 is 4.84 Å². The summed E-state index contributed by atoms with van der Waals surface area (Å²) in [5.41, 5.74) is 0. The van der Waals surface area contributed by atoms with Crippen LogP contribution in [0.1, 0.15) is 26.7 Å². The normalized spacial score (nSPS) is 16.5. The zero-order valence-electron chi connectivity index (χ0n) is 14.5. The Morgan fingerprint density at radius 2 is 1.65 bits per heavy atom. The van der Waals surface area contributed by atoms with Crippen LogP contribution in [0.15, 0.2) is 29.2 Å². The molecule has 1 aromatic carbocycles. The third-order valence-corrected chi connectivity index (χ3v) is 5.80. The summed E-state index contributed by atoms with van der Waals surface area (Å²) in [7, 11) is -2.95. The number of hydroxylamine groups is 2. The van der Waals surface area contributed by atoms with Gasteiger partial charge in [0, 0.05) is 19.9 Å². The van der Waals surface area contributed by atoms with Gasteiger partial charge in [-0.1, -0.05) is 13.8 Å². The molecule has 1 atom stereocenters. The number of amides is 2. The first-order chi connectivity index (χ1) is 12.1. The van der Waals surface area contributed by atoms with Crippen LogP contribution in [0.5, 0.6) is 0 Å². The summed E-state index contributed by atoms with van der Waals surface area (Å²) in [6.45, 7) is 3.19. The van der Waals surface area contributed by atoms with Gasteiger partial charge in [-0.25, -0.2) is 17.6 Å². The van der Waals surface area contributed by atoms with Crippen LogP contribution in [0.2, 0.25) is 0 Å². The van der Waals surface area contributed by atoms with Crippen LogP contribution in [0.3, 0.4) is 0 Å². The lowest BCUT2D eigenvalue weighted by atomic mass is 10.1. The molecule has 0 unspecified atom stereocenters. The maximum atomic E-state index is 13.0. The van der Waals surface area contributed by atoms with Crippen molar-refractivity contribution >= 4 is 27.8 Å². The molecule has 0 aliphatic carbocycles. The smallest absolute Gasteiger partial charge is 0.329 e. The summed E-state index contributed by atoms with van der Waals surface area (Å²) >= 11 is 0. The molecular formula is C16H19FN2O6S. The largest absolute Gasteiger partial charge is 0.351 e. The SMILES string of the molecule is CC(C)[C@@H](C(=O)ON1C(=O)CCC1=O)N(C)S(=O)(=O)c1ccc(F)cc1. The van der Waals surface area contributed by atoms with Crippen molar-refractivity contribution in [2.45, 2.75) is 37.6 Å². The van der Waals surface area contributed by atoms with Crippen LogP contribution in [0.25, 0.3) is 0 Å². The van der Waals surface area contributed by atoms with Crippen molar-refractivity contribution in [3.05, 3.63) is 30.1 Å². The second-order valence-corrected chi connectivity index (χ2v) is 8.15. The number of benzene rings is 1. The van der Waals surface area contributed by atoms with Gasteiger partial charge in [0.25, 0.3) is 11.8 Å². The van der Waals surface area contributed by atoms with E-state index in [2.05, 4.69) is 0 Å². The third kappa shape index (κ3) is 3.91. The van der Waals surface area contributed by atoms with Crippen molar-refractivity contribution in [1.29, 1.82) is 0 Å². The molecule has 0 aromatic heterocycles. The van der Waals surface area contributed by atoms with Gasteiger partial charge in [-0.2, -0.15) is 4.31 Å². The molecule has 142 valence electrons. The first-order valence-corrected chi connectivity index (χ1v) is 9.31. The molecule has 1 aromatic rings. The number of halogens is 1. The highest BCUT2D eigenvalue weighted by molar-refractivity contribution is 7.89. The fourth-order valence-electron chi connectivity index (χ4n) is 2.56. The molecule has 0 spiro atoms. The standard InChI is InChI=1S/C16H19FN2O6S/c1-10(2)15(16(22)25-19-13(20)8-9-14(19)21)18(3)26(23,24)12-6-4-11(17)5-7-12/h4-7,10,15H,8-9H2,1-3H3/t15-/m0/s1. The summed E-state index contributed by atoms with van der Waals surface area (Å²) in [6, 6.07) is 2.86. The molecular weight excluding hydrogens is 367 g/mol. The molecule has 1 fully saturated rings. The quantitative estimate of drug-likeness (QED) is 0.678. The van der Waals surface area contributed by atoms with Crippen LogP contribution < -0.4 is 0 Å². The number of carbonyl (C=O) groups excluding carboxylic acids is 3. The summed E-state index contributed by atoms with van der Waals surface area (Å²) in [5.74, 6) is -3.48. The number of sulfonamides is 1. The Balaban J connectivity index is 2.27. The highest BCUT2D eigenvalue weighted by Crippen LogP contribution is 2.23. The monoisotopic (exact) mass is 386 g/mol. The molecule has 26 heavy (non-hydrogen) atoms. The highest BCUT2D eigenvalue weighted by Gasteiger charge is 2.40. The van der Waals surface area contributed by atoms with Gasteiger partial charge in [-0.15, -0.1) is 5.06 Å². The van der Waals surface area contributed by atoms with Gasteiger partial charge in [-0.05, 0) is 30.2 Å². The molecule has 1 saturated heterocycles. The van der Waals surface area contributed by atoms with Crippen LogP contribution >= 0.6 is 0 Å². The topological polar surface area (TPSA) is 101 Å². The first-order valence-electron chi connectivity index (χ1n) is 7.87. The molecule has 0 bridgehead atoms. The molecule has 0 radical (unpaired) electrons. The van der Waals surface area contributed by atoms with E-state index < -0.39 is 45.6 Å². The van der Waals surface area contributed by atoms with Gasteiger partial charge in [0.1, 0.15) is 11.9 Å². The van der Waals surface area contributed by atoms with E-state index in [1.807, 2.05) is 0 Å². The number of imide groups is 1. The molecule has 0 N–H and O–H groups in total. The van der Waals surface area contributed by atoms with E-state index in [-0.39, 0.29) is 17.7 Å². The molecule has 10 heteroatoms. The number of hydrogen-bond donors (Lipinski definition) is 0.